The lowest BCUT2D eigenvalue weighted by Gasteiger charge is -2.02. The molecule has 0 aliphatic heterocycles. The number of anilines is 1. The Morgan fingerprint density at radius 2 is 1.96 bits per heavy atom. The van der Waals surface area contributed by atoms with Crippen molar-refractivity contribution in [2.45, 2.75) is 26.3 Å². The number of aromatic nitrogens is 1. The van der Waals surface area contributed by atoms with Gasteiger partial charge in [-0.2, -0.15) is 0 Å². The Kier molecular flexibility index (Phi) is 5.97. The van der Waals surface area contributed by atoms with Gasteiger partial charge in [-0.1, -0.05) is 12.1 Å². The molecule has 2 amide bonds. The normalized spacial score (nSPS) is 10.6. The molecule has 0 unspecified atom stereocenters. The zero-order valence-electron chi connectivity index (χ0n) is 14.6. The fourth-order valence-corrected chi connectivity index (χ4v) is 3.07. The summed E-state index contributed by atoms with van der Waals surface area (Å²) in [5.41, 5.74) is 1.51. The second-order valence-electron chi connectivity index (χ2n) is 5.89. The van der Waals surface area contributed by atoms with E-state index in [-0.39, 0.29) is 24.1 Å². The van der Waals surface area contributed by atoms with Crippen LogP contribution in [0.1, 0.15) is 24.7 Å². The van der Waals surface area contributed by atoms with Gasteiger partial charge in [0.1, 0.15) is 17.3 Å². The van der Waals surface area contributed by atoms with Crippen LogP contribution in [0.4, 0.5) is 9.52 Å². The molecule has 0 saturated heterocycles. The van der Waals surface area contributed by atoms with Crippen molar-refractivity contribution in [1.29, 1.82) is 0 Å². The number of nitrogens with zero attached hydrogens (tertiary/aromatic N) is 1. The highest BCUT2D eigenvalue weighted by atomic mass is 32.1. The number of nitrogens with one attached hydrogen (secondary N) is 2. The summed E-state index contributed by atoms with van der Waals surface area (Å²) in [5, 5.41) is 7.69. The average molecular weight is 387 g/mol. The zero-order chi connectivity index (χ0) is 19.2. The van der Waals surface area contributed by atoms with E-state index in [1.165, 1.54) is 30.4 Å². The van der Waals surface area contributed by atoms with Crippen LogP contribution in [0.25, 0.3) is 11.5 Å². The maximum atomic E-state index is 12.9. The standard InChI is InChI=1S/C19H18FN3O3S/c1-12(24)21-10-15-7-8-17(26-15)16-11-27-19(22-16)23-18(25)9-4-13-2-5-14(20)6-3-13/h2-3,5-8,11H,4,9-10H2,1H3,(H,21,24)(H,22,23,25). The number of rotatable bonds is 7. The second kappa shape index (κ2) is 8.59. The molecule has 0 spiro atoms. The molecule has 0 aliphatic carbocycles. The minimum Gasteiger partial charge on any atom is -0.458 e. The number of amides is 2. The third kappa shape index (κ3) is 5.49. The van der Waals surface area contributed by atoms with Crippen LogP contribution in [-0.2, 0) is 22.6 Å². The highest BCUT2D eigenvalue weighted by molar-refractivity contribution is 7.14. The lowest BCUT2D eigenvalue weighted by atomic mass is 10.1. The number of halogens is 1. The molecule has 2 N–H and O–H groups in total. The van der Waals surface area contributed by atoms with Crippen LogP contribution in [0, 0.1) is 5.82 Å². The van der Waals surface area contributed by atoms with Crippen molar-refractivity contribution in [2.75, 3.05) is 5.32 Å². The first-order valence-electron chi connectivity index (χ1n) is 8.33. The van der Waals surface area contributed by atoms with Gasteiger partial charge < -0.3 is 15.1 Å². The first-order chi connectivity index (χ1) is 13.0. The van der Waals surface area contributed by atoms with Crippen molar-refractivity contribution in [3.05, 3.63) is 58.9 Å². The Bertz CT molecular complexity index is 934. The summed E-state index contributed by atoms with van der Waals surface area (Å²) in [6.07, 6.45) is 0.803. The molecular weight excluding hydrogens is 369 g/mol. The molecule has 6 nitrogen and oxygen atoms in total. The smallest absolute Gasteiger partial charge is 0.226 e. The molecule has 0 saturated carbocycles. The van der Waals surface area contributed by atoms with Crippen LogP contribution in [0.3, 0.4) is 0 Å². The molecule has 0 fully saturated rings. The Balaban J connectivity index is 1.53. The van der Waals surface area contributed by atoms with Crippen molar-refractivity contribution >= 4 is 28.3 Å². The molecule has 0 bridgehead atoms. The summed E-state index contributed by atoms with van der Waals surface area (Å²) >= 11 is 1.30. The van der Waals surface area contributed by atoms with Gasteiger partial charge in [0, 0.05) is 18.7 Å². The summed E-state index contributed by atoms with van der Waals surface area (Å²) in [4.78, 5) is 27.4. The van der Waals surface area contributed by atoms with Crippen LogP contribution in [0.2, 0.25) is 0 Å². The van der Waals surface area contributed by atoms with E-state index < -0.39 is 0 Å². The number of hydrogen-bond donors (Lipinski definition) is 2. The van der Waals surface area contributed by atoms with Gasteiger partial charge in [-0.3, -0.25) is 9.59 Å². The fraction of sp³-hybridized carbons (Fsp3) is 0.211. The number of hydrogen-bond acceptors (Lipinski definition) is 5. The number of thiazole rings is 1. The van der Waals surface area contributed by atoms with Crippen molar-refractivity contribution in [3.63, 3.8) is 0 Å². The maximum Gasteiger partial charge on any atom is 0.226 e. The van der Waals surface area contributed by atoms with Gasteiger partial charge in [0.05, 0.1) is 6.54 Å². The Morgan fingerprint density at radius 3 is 2.70 bits per heavy atom. The molecule has 27 heavy (non-hydrogen) atoms. The second-order valence-corrected chi connectivity index (χ2v) is 6.75. The zero-order valence-corrected chi connectivity index (χ0v) is 15.4. The van der Waals surface area contributed by atoms with Crippen LogP contribution in [0.15, 0.2) is 46.2 Å². The summed E-state index contributed by atoms with van der Waals surface area (Å²) in [5.74, 6) is 0.603. The van der Waals surface area contributed by atoms with Crippen molar-refractivity contribution < 1.29 is 18.4 Å². The topological polar surface area (TPSA) is 84.2 Å². The van der Waals surface area contributed by atoms with Crippen molar-refractivity contribution in [2.24, 2.45) is 0 Å². The number of furan rings is 1. The van der Waals surface area contributed by atoms with Crippen molar-refractivity contribution in [1.82, 2.24) is 10.3 Å². The van der Waals surface area contributed by atoms with Crippen molar-refractivity contribution in [3.8, 4) is 11.5 Å². The van der Waals surface area contributed by atoms with Crippen LogP contribution in [-0.4, -0.2) is 16.8 Å². The summed E-state index contributed by atoms with van der Waals surface area (Å²) in [6, 6.07) is 9.63. The number of carbonyl (C=O) groups excluding carboxylic acids is 2. The van der Waals surface area contributed by atoms with Crippen LogP contribution >= 0.6 is 11.3 Å². The largest absolute Gasteiger partial charge is 0.458 e. The third-order valence-electron chi connectivity index (χ3n) is 3.73. The first kappa shape index (κ1) is 18.8. The number of aryl methyl sites for hydroxylation is 1. The molecule has 1 aromatic carbocycles. The molecule has 2 aromatic heterocycles. The SMILES string of the molecule is CC(=O)NCc1ccc(-c2csc(NC(=O)CCc3ccc(F)cc3)n2)o1. The monoisotopic (exact) mass is 387 g/mol. The van der Waals surface area contributed by atoms with Gasteiger partial charge in [0.25, 0.3) is 0 Å². The van der Waals surface area contributed by atoms with E-state index in [1.54, 1.807) is 29.6 Å². The highest BCUT2D eigenvalue weighted by Gasteiger charge is 2.11. The van der Waals surface area contributed by atoms with Crippen LogP contribution < -0.4 is 10.6 Å². The van der Waals surface area contributed by atoms with Gasteiger partial charge in [0.15, 0.2) is 10.9 Å². The Hall–Kier alpha value is -3.00. The lowest BCUT2D eigenvalue weighted by molar-refractivity contribution is -0.119. The molecular formula is C19H18FN3O3S. The molecule has 8 heteroatoms. The maximum absolute atomic E-state index is 12.9. The fourth-order valence-electron chi connectivity index (χ4n) is 2.36. The third-order valence-corrected chi connectivity index (χ3v) is 4.49. The number of carbonyl (C=O) groups is 2. The van der Waals surface area contributed by atoms with E-state index in [4.69, 9.17) is 4.42 Å². The highest BCUT2D eigenvalue weighted by Crippen LogP contribution is 2.26. The molecule has 140 valence electrons. The van der Waals surface area contributed by atoms with Gasteiger partial charge in [-0.25, -0.2) is 9.37 Å². The molecule has 0 aliphatic rings. The van der Waals surface area contributed by atoms with E-state index in [1.807, 2.05) is 0 Å². The van der Waals surface area contributed by atoms with E-state index in [9.17, 15) is 14.0 Å². The van der Waals surface area contributed by atoms with E-state index >= 15 is 0 Å². The minimum atomic E-state index is -0.295. The predicted molar refractivity (Wildman–Crippen MR) is 101 cm³/mol. The molecule has 0 atom stereocenters. The predicted octanol–water partition coefficient (Wildman–Crippen LogP) is 3.75. The molecule has 0 radical (unpaired) electrons. The van der Waals surface area contributed by atoms with Gasteiger partial charge in [-0.05, 0) is 36.2 Å². The first-order valence-corrected chi connectivity index (χ1v) is 9.21. The van der Waals surface area contributed by atoms with E-state index in [2.05, 4.69) is 15.6 Å². The summed E-state index contributed by atoms with van der Waals surface area (Å²) < 4.78 is 18.5. The summed E-state index contributed by atoms with van der Waals surface area (Å²) in [7, 11) is 0. The van der Waals surface area contributed by atoms with Gasteiger partial charge in [0.2, 0.25) is 11.8 Å². The van der Waals surface area contributed by atoms with Gasteiger partial charge in [-0.15, -0.1) is 11.3 Å². The Morgan fingerprint density at radius 1 is 1.19 bits per heavy atom. The van der Waals surface area contributed by atoms with Crippen LogP contribution in [0.5, 0.6) is 0 Å². The van der Waals surface area contributed by atoms with E-state index in [0.717, 1.165) is 5.56 Å². The molecule has 3 aromatic rings. The molecule has 3 rings (SSSR count). The quantitative estimate of drug-likeness (QED) is 0.647. The minimum absolute atomic E-state index is 0.132. The van der Waals surface area contributed by atoms with Gasteiger partial charge >= 0.3 is 0 Å². The average Bonchev–Trinajstić information content (AvgIpc) is 3.28. The molecule has 2 heterocycles. The number of benzene rings is 1. The lowest BCUT2D eigenvalue weighted by Crippen LogP contribution is -2.18. The summed E-state index contributed by atoms with van der Waals surface area (Å²) in [6.45, 7) is 1.75. The van der Waals surface area contributed by atoms with E-state index in [0.29, 0.717) is 35.3 Å². The Labute approximate surface area is 159 Å².